The van der Waals surface area contributed by atoms with Crippen LogP contribution >= 0.6 is 11.3 Å². The number of benzene rings is 3. The van der Waals surface area contributed by atoms with Gasteiger partial charge in [0.1, 0.15) is 5.75 Å². The zero-order valence-electron chi connectivity index (χ0n) is 22.9. The Morgan fingerprint density at radius 1 is 0.900 bits per heavy atom. The molecule has 0 amide bonds. The van der Waals surface area contributed by atoms with E-state index in [1.54, 1.807) is 11.3 Å². The van der Waals surface area contributed by atoms with Crippen molar-refractivity contribution in [2.24, 2.45) is 0 Å². The highest BCUT2D eigenvalue weighted by Crippen LogP contribution is 2.54. The average molecular weight is 555 g/mol. The van der Waals surface area contributed by atoms with Gasteiger partial charge in [0.25, 0.3) is 0 Å². The molecule has 0 saturated carbocycles. The van der Waals surface area contributed by atoms with Gasteiger partial charge in [-0.2, -0.15) is 5.26 Å². The first-order valence-electron chi connectivity index (χ1n) is 13.6. The van der Waals surface area contributed by atoms with Crippen molar-refractivity contribution in [3.63, 3.8) is 0 Å². The fourth-order valence-electron chi connectivity index (χ4n) is 5.26. The first-order valence-corrected chi connectivity index (χ1v) is 14.4. The van der Waals surface area contributed by atoms with E-state index in [-0.39, 0.29) is 13.2 Å². The minimum absolute atomic E-state index is 0.00167. The Bertz CT molecular complexity index is 1470. The van der Waals surface area contributed by atoms with Crippen LogP contribution in [0.2, 0.25) is 0 Å². The summed E-state index contributed by atoms with van der Waals surface area (Å²) in [4.78, 5) is 10.3. The molecule has 1 aromatic heterocycles. The fourth-order valence-corrected chi connectivity index (χ4v) is 6.60. The van der Waals surface area contributed by atoms with Crippen LogP contribution in [0.5, 0.6) is 5.75 Å². The molecule has 0 aliphatic carbocycles. The summed E-state index contributed by atoms with van der Waals surface area (Å²) in [5.74, 6) is 0.763. The SMILES string of the molecule is CCN(CCC#N)c1nc2c(s1)C(c1ccc(C)cc1)(c1ccc(N(CCO)CCO)cc1)Oc1ccccc1-2. The molecule has 1 unspecified atom stereocenters. The van der Waals surface area contributed by atoms with Crippen molar-refractivity contribution in [1.29, 1.82) is 5.26 Å². The molecule has 2 heterocycles. The number of ether oxygens (including phenoxy) is 1. The lowest BCUT2D eigenvalue weighted by Gasteiger charge is -2.39. The number of aromatic nitrogens is 1. The number of para-hydroxylation sites is 1. The van der Waals surface area contributed by atoms with Crippen molar-refractivity contribution in [3.8, 4) is 23.1 Å². The molecule has 2 N–H and O–H groups in total. The Labute approximate surface area is 239 Å². The summed E-state index contributed by atoms with van der Waals surface area (Å²) >= 11 is 1.61. The van der Waals surface area contributed by atoms with Crippen molar-refractivity contribution in [2.75, 3.05) is 49.2 Å². The molecular weight excluding hydrogens is 520 g/mol. The van der Waals surface area contributed by atoms with Crippen molar-refractivity contribution >= 4 is 22.2 Å². The molecule has 4 aromatic rings. The topological polar surface area (TPSA) is 92.9 Å². The molecular formula is C32H34N4O3S. The fraction of sp³-hybridized carbons (Fsp3) is 0.312. The highest BCUT2D eigenvalue weighted by Gasteiger charge is 2.47. The second-order valence-corrected chi connectivity index (χ2v) is 10.8. The van der Waals surface area contributed by atoms with Crippen LogP contribution in [0.1, 0.15) is 34.9 Å². The van der Waals surface area contributed by atoms with Crippen LogP contribution in [0, 0.1) is 18.3 Å². The molecule has 40 heavy (non-hydrogen) atoms. The van der Waals surface area contributed by atoms with Crippen LogP contribution in [0.25, 0.3) is 11.3 Å². The summed E-state index contributed by atoms with van der Waals surface area (Å²) in [5.41, 5.74) is 4.93. The third-order valence-electron chi connectivity index (χ3n) is 7.32. The predicted molar refractivity (Wildman–Crippen MR) is 160 cm³/mol. The van der Waals surface area contributed by atoms with E-state index >= 15 is 0 Å². The molecule has 1 aliphatic heterocycles. The molecule has 1 aliphatic rings. The number of thiazole rings is 1. The number of anilines is 2. The van der Waals surface area contributed by atoms with Crippen LogP contribution < -0.4 is 14.5 Å². The minimum atomic E-state index is -0.945. The lowest BCUT2D eigenvalue weighted by Crippen LogP contribution is -2.38. The molecule has 0 fully saturated rings. The molecule has 8 heteroatoms. The van der Waals surface area contributed by atoms with Crippen molar-refractivity contribution in [3.05, 3.63) is 94.4 Å². The van der Waals surface area contributed by atoms with Gasteiger partial charge in [-0.1, -0.05) is 65.4 Å². The van der Waals surface area contributed by atoms with Gasteiger partial charge in [-0.15, -0.1) is 0 Å². The van der Waals surface area contributed by atoms with E-state index in [0.717, 1.165) is 55.9 Å². The van der Waals surface area contributed by atoms with Gasteiger partial charge in [-0.25, -0.2) is 4.98 Å². The van der Waals surface area contributed by atoms with Gasteiger partial charge in [0.05, 0.1) is 36.3 Å². The Balaban J connectivity index is 1.73. The molecule has 0 spiro atoms. The number of nitriles is 1. The van der Waals surface area contributed by atoms with E-state index in [2.05, 4.69) is 61.2 Å². The van der Waals surface area contributed by atoms with Crippen LogP contribution in [-0.4, -0.2) is 54.6 Å². The molecule has 3 aromatic carbocycles. The molecule has 1 atom stereocenters. The Kier molecular flexibility index (Phi) is 8.36. The first kappa shape index (κ1) is 27.7. The van der Waals surface area contributed by atoms with Gasteiger partial charge in [0, 0.05) is 48.6 Å². The van der Waals surface area contributed by atoms with E-state index in [0.29, 0.717) is 26.1 Å². The number of fused-ring (bicyclic) bond motifs is 3. The quantitative estimate of drug-likeness (QED) is 0.259. The third-order valence-corrected chi connectivity index (χ3v) is 8.54. The van der Waals surface area contributed by atoms with Crippen molar-refractivity contribution < 1.29 is 14.9 Å². The highest BCUT2D eigenvalue weighted by atomic mass is 32.1. The van der Waals surface area contributed by atoms with Crippen LogP contribution in [-0.2, 0) is 5.60 Å². The predicted octanol–water partition coefficient (Wildman–Crippen LogP) is 5.33. The van der Waals surface area contributed by atoms with Gasteiger partial charge >= 0.3 is 0 Å². The van der Waals surface area contributed by atoms with E-state index < -0.39 is 5.60 Å². The van der Waals surface area contributed by atoms with E-state index in [1.807, 2.05) is 41.3 Å². The van der Waals surface area contributed by atoms with Gasteiger partial charge in [0.2, 0.25) is 0 Å². The maximum absolute atomic E-state index is 9.55. The third kappa shape index (κ3) is 5.04. The summed E-state index contributed by atoms with van der Waals surface area (Å²) in [6, 6.07) is 26.9. The smallest absolute Gasteiger partial charge is 0.195 e. The lowest BCUT2D eigenvalue weighted by molar-refractivity contribution is 0.156. The summed E-state index contributed by atoms with van der Waals surface area (Å²) in [6.45, 7) is 6.38. The number of aliphatic hydroxyl groups is 2. The maximum Gasteiger partial charge on any atom is 0.195 e. The minimum Gasteiger partial charge on any atom is -0.471 e. The number of hydrogen-bond acceptors (Lipinski definition) is 8. The molecule has 0 radical (unpaired) electrons. The summed E-state index contributed by atoms with van der Waals surface area (Å²) < 4.78 is 7.07. The van der Waals surface area contributed by atoms with Crippen molar-refractivity contribution in [2.45, 2.75) is 25.9 Å². The number of hydrogen-bond donors (Lipinski definition) is 2. The highest BCUT2D eigenvalue weighted by molar-refractivity contribution is 7.16. The van der Waals surface area contributed by atoms with Crippen LogP contribution in [0.15, 0.2) is 72.8 Å². The molecule has 0 saturated heterocycles. The van der Waals surface area contributed by atoms with Gasteiger partial charge in [0.15, 0.2) is 10.7 Å². The molecule has 5 rings (SSSR count). The largest absolute Gasteiger partial charge is 0.471 e. The van der Waals surface area contributed by atoms with E-state index in [4.69, 9.17) is 9.72 Å². The molecule has 206 valence electrons. The van der Waals surface area contributed by atoms with Crippen LogP contribution in [0.4, 0.5) is 10.8 Å². The number of rotatable bonds is 11. The van der Waals surface area contributed by atoms with E-state index in [1.165, 1.54) is 0 Å². The van der Waals surface area contributed by atoms with Gasteiger partial charge < -0.3 is 24.7 Å². The van der Waals surface area contributed by atoms with E-state index in [9.17, 15) is 15.5 Å². The Morgan fingerprint density at radius 3 is 2.17 bits per heavy atom. The zero-order chi connectivity index (χ0) is 28.1. The van der Waals surface area contributed by atoms with Crippen molar-refractivity contribution in [1.82, 2.24) is 4.98 Å². The number of nitrogens with zero attached hydrogens (tertiary/aromatic N) is 4. The van der Waals surface area contributed by atoms with Gasteiger partial charge in [-0.05, 0) is 38.1 Å². The summed E-state index contributed by atoms with van der Waals surface area (Å²) in [6.07, 6.45) is 0.425. The normalized spacial score (nSPS) is 15.5. The second kappa shape index (κ2) is 12.1. The Morgan fingerprint density at radius 2 is 1.55 bits per heavy atom. The lowest BCUT2D eigenvalue weighted by atomic mass is 9.81. The zero-order valence-corrected chi connectivity index (χ0v) is 23.7. The summed E-state index contributed by atoms with van der Waals surface area (Å²) in [7, 11) is 0. The first-order chi connectivity index (χ1) is 19.5. The van der Waals surface area contributed by atoms with Gasteiger partial charge in [-0.3, -0.25) is 0 Å². The number of aryl methyl sites for hydroxylation is 1. The maximum atomic E-state index is 9.55. The average Bonchev–Trinajstić information content (AvgIpc) is 3.44. The standard InChI is InChI=1S/C32H34N4O3S/c1-3-35(18-6-17-33)31-34-29-27-7-4-5-8-28(27)39-32(30(29)40-31,24-11-9-23(2)10-12-24)25-13-15-26(16-14-25)36(19-21-37)20-22-38/h4-5,7-16,37-38H,3,6,18-22H2,1-2H3. The molecule has 7 nitrogen and oxygen atoms in total. The summed E-state index contributed by atoms with van der Waals surface area (Å²) in [5, 5.41) is 29.2. The van der Waals surface area contributed by atoms with Crippen LogP contribution in [0.3, 0.4) is 0 Å². The molecule has 0 bridgehead atoms. The Hall–Kier alpha value is -3.90. The second-order valence-electron chi connectivity index (χ2n) is 9.79. The number of aliphatic hydroxyl groups excluding tert-OH is 2. The monoisotopic (exact) mass is 554 g/mol.